The summed E-state index contributed by atoms with van der Waals surface area (Å²) in [4.78, 5) is 54.2. The summed E-state index contributed by atoms with van der Waals surface area (Å²) in [5, 5.41) is 11.2. The fourth-order valence-corrected chi connectivity index (χ4v) is 5.02. The minimum absolute atomic E-state index is 0.0975. The van der Waals surface area contributed by atoms with Gasteiger partial charge in [0, 0.05) is 12.1 Å². The van der Waals surface area contributed by atoms with Crippen LogP contribution in [0.15, 0.2) is 69.6 Å². The topological polar surface area (TPSA) is 130 Å². The zero-order valence-electron chi connectivity index (χ0n) is 20.5. The number of non-ortho nitro benzene ring substituents is 1. The number of esters is 2. The fourth-order valence-electron chi connectivity index (χ4n) is 3.97. The highest BCUT2D eigenvalue weighted by Gasteiger charge is 2.34. The van der Waals surface area contributed by atoms with Crippen molar-refractivity contribution in [1.29, 1.82) is 0 Å². The van der Waals surface area contributed by atoms with Crippen LogP contribution >= 0.6 is 11.3 Å². The Hall–Kier alpha value is -4.38. The Morgan fingerprint density at radius 1 is 1.16 bits per heavy atom. The van der Waals surface area contributed by atoms with Crippen LogP contribution in [-0.4, -0.2) is 34.6 Å². The summed E-state index contributed by atoms with van der Waals surface area (Å²) in [5.74, 6) is -1.12. The standard InChI is InChI=1S/C26H23N3O7S/c1-14(2)36-25(32)21-15(3)27-26-28(22(21)17-8-10-18(11-9-17)24(31)35-4)23(30)20(37-26)13-16-6-5-7-19(12-16)29(33)34/h5-14,22H,1-4H3. The number of methoxy groups -OCH3 is 1. The zero-order chi connectivity index (χ0) is 26.9. The zero-order valence-corrected chi connectivity index (χ0v) is 21.3. The molecule has 4 rings (SSSR count). The van der Waals surface area contributed by atoms with Crippen LogP contribution in [0.25, 0.3) is 6.08 Å². The molecule has 1 atom stereocenters. The fraction of sp³-hybridized carbons (Fsp3) is 0.231. The molecule has 0 saturated heterocycles. The molecule has 0 bridgehead atoms. The molecule has 0 N–H and O–H groups in total. The lowest BCUT2D eigenvalue weighted by atomic mass is 9.95. The lowest BCUT2D eigenvalue weighted by Crippen LogP contribution is -2.40. The quantitative estimate of drug-likeness (QED) is 0.277. The van der Waals surface area contributed by atoms with Crippen LogP contribution in [0.2, 0.25) is 0 Å². The van der Waals surface area contributed by atoms with Crippen LogP contribution in [-0.2, 0) is 14.3 Å². The Morgan fingerprint density at radius 2 is 1.86 bits per heavy atom. The van der Waals surface area contributed by atoms with E-state index < -0.39 is 34.6 Å². The van der Waals surface area contributed by atoms with Gasteiger partial charge in [-0.1, -0.05) is 35.6 Å². The number of nitrogens with zero attached hydrogens (tertiary/aromatic N) is 3. The number of carbonyl (C=O) groups excluding carboxylic acids is 2. The Kier molecular flexibility index (Phi) is 7.16. The van der Waals surface area contributed by atoms with E-state index in [0.717, 1.165) is 11.3 Å². The van der Waals surface area contributed by atoms with Crippen LogP contribution < -0.4 is 14.9 Å². The predicted octanol–water partition coefficient (Wildman–Crippen LogP) is 2.88. The van der Waals surface area contributed by atoms with Crippen LogP contribution in [0.1, 0.15) is 48.3 Å². The molecule has 11 heteroatoms. The minimum atomic E-state index is -0.860. The number of carbonyl (C=O) groups is 2. The van der Waals surface area contributed by atoms with Gasteiger partial charge in [-0.15, -0.1) is 0 Å². The summed E-state index contributed by atoms with van der Waals surface area (Å²) in [6.07, 6.45) is 1.16. The smallest absolute Gasteiger partial charge is 0.338 e. The molecular formula is C26H23N3O7S. The summed E-state index contributed by atoms with van der Waals surface area (Å²) in [6, 6.07) is 11.5. The first-order chi connectivity index (χ1) is 17.6. The number of hydrogen-bond donors (Lipinski definition) is 0. The van der Waals surface area contributed by atoms with E-state index in [-0.39, 0.29) is 11.3 Å². The van der Waals surface area contributed by atoms with Crippen molar-refractivity contribution in [2.45, 2.75) is 32.9 Å². The summed E-state index contributed by atoms with van der Waals surface area (Å²) in [6.45, 7) is 5.12. The molecule has 0 radical (unpaired) electrons. The highest BCUT2D eigenvalue weighted by molar-refractivity contribution is 7.07. The van der Waals surface area contributed by atoms with E-state index in [1.54, 1.807) is 57.2 Å². The third-order valence-corrected chi connectivity index (χ3v) is 6.59. The highest BCUT2D eigenvalue weighted by atomic mass is 32.1. The number of rotatable bonds is 6. The first-order valence-corrected chi connectivity index (χ1v) is 12.1. The summed E-state index contributed by atoms with van der Waals surface area (Å²) >= 11 is 1.11. The van der Waals surface area contributed by atoms with Crippen LogP contribution in [0, 0.1) is 10.1 Å². The number of fused-ring (bicyclic) bond motifs is 1. The van der Waals surface area contributed by atoms with Gasteiger partial charge in [0.15, 0.2) is 4.80 Å². The third kappa shape index (κ3) is 5.12. The molecule has 1 unspecified atom stereocenters. The summed E-state index contributed by atoms with van der Waals surface area (Å²) < 4.78 is 11.9. The molecule has 1 aromatic heterocycles. The number of ether oxygens (including phenoxy) is 2. The lowest BCUT2D eigenvalue weighted by Gasteiger charge is -2.25. The average molecular weight is 522 g/mol. The first kappa shape index (κ1) is 25.7. The van der Waals surface area contributed by atoms with E-state index in [4.69, 9.17) is 9.47 Å². The predicted molar refractivity (Wildman–Crippen MR) is 136 cm³/mol. The molecule has 3 aromatic rings. The van der Waals surface area contributed by atoms with E-state index in [1.165, 1.54) is 29.9 Å². The van der Waals surface area contributed by atoms with Crippen molar-refractivity contribution in [2.75, 3.05) is 7.11 Å². The number of nitro benzene ring substituents is 1. The van der Waals surface area contributed by atoms with E-state index in [9.17, 15) is 24.5 Å². The van der Waals surface area contributed by atoms with Gasteiger partial charge < -0.3 is 9.47 Å². The summed E-state index contributed by atoms with van der Waals surface area (Å²) in [7, 11) is 1.28. The number of benzene rings is 2. The van der Waals surface area contributed by atoms with Gasteiger partial charge in [0.05, 0.1) is 45.5 Å². The van der Waals surface area contributed by atoms with Gasteiger partial charge in [-0.25, -0.2) is 14.6 Å². The van der Waals surface area contributed by atoms with Gasteiger partial charge in [0.2, 0.25) is 0 Å². The molecule has 37 heavy (non-hydrogen) atoms. The van der Waals surface area contributed by atoms with Crippen molar-refractivity contribution in [3.63, 3.8) is 0 Å². The third-order valence-electron chi connectivity index (χ3n) is 5.61. The second kappa shape index (κ2) is 10.3. The largest absolute Gasteiger partial charge is 0.465 e. The maximum Gasteiger partial charge on any atom is 0.338 e. The van der Waals surface area contributed by atoms with Crippen molar-refractivity contribution in [3.05, 3.63) is 106 Å². The van der Waals surface area contributed by atoms with Gasteiger partial charge in [-0.3, -0.25) is 19.5 Å². The van der Waals surface area contributed by atoms with Crippen molar-refractivity contribution < 1.29 is 24.0 Å². The Labute approximate surface area is 215 Å². The average Bonchev–Trinajstić information content (AvgIpc) is 3.16. The molecular weight excluding hydrogens is 498 g/mol. The van der Waals surface area contributed by atoms with Gasteiger partial charge >= 0.3 is 11.9 Å². The maximum atomic E-state index is 13.6. The Balaban J connectivity index is 1.92. The molecule has 2 heterocycles. The van der Waals surface area contributed by atoms with Gasteiger partial charge in [-0.05, 0) is 50.1 Å². The normalized spacial score (nSPS) is 15.3. The molecule has 0 spiro atoms. The lowest BCUT2D eigenvalue weighted by molar-refractivity contribution is -0.384. The SMILES string of the molecule is COC(=O)c1ccc(C2C(C(=O)OC(C)C)=C(C)N=c3sc(=Cc4cccc([N+](=O)[O-])c4)c(=O)n32)cc1. The van der Waals surface area contributed by atoms with Gasteiger partial charge in [-0.2, -0.15) is 0 Å². The molecule has 0 amide bonds. The van der Waals surface area contributed by atoms with Crippen molar-refractivity contribution >= 4 is 35.0 Å². The Bertz CT molecular complexity index is 1610. The number of nitro groups is 1. The molecule has 190 valence electrons. The van der Waals surface area contributed by atoms with Crippen molar-refractivity contribution in [2.24, 2.45) is 4.99 Å². The van der Waals surface area contributed by atoms with E-state index in [0.29, 0.717) is 31.7 Å². The molecule has 1 aliphatic heterocycles. The summed E-state index contributed by atoms with van der Waals surface area (Å²) in [5.41, 5.74) is 1.45. The first-order valence-electron chi connectivity index (χ1n) is 11.3. The van der Waals surface area contributed by atoms with E-state index >= 15 is 0 Å². The highest BCUT2D eigenvalue weighted by Crippen LogP contribution is 2.31. The molecule has 0 fully saturated rings. The van der Waals surface area contributed by atoms with E-state index in [2.05, 4.69) is 4.99 Å². The van der Waals surface area contributed by atoms with E-state index in [1.807, 2.05) is 0 Å². The monoisotopic (exact) mass is 521 g/mol. The molecule has 0 saturated carbocycles. The minimum Gasteiger partial charge on any atom is -0.465 e. The van der Waals surface area contributed by atoms with Crippen LogP contribution in [0.5, 0.6) is 0 Å². The second-order valence-electron chi connectivity index (χ2n) is 8.50. The molecule has 1 aliphatic rings. The van der Waals surface area contributed by atoms with Crippen molar-refractivity contribution in [3.8, 4) is 0 Å². The number of allylic oxidation sites excluding steroid dienone is 1. The van der Waals surface area contributed by atoms with Crippen LogP contribution in [0.3, 0.4) is 0 Å². The molecule has 0 aliphatic carbocycles. The maximum absolute atomic E-state index is 13.6. The van der Waals surface area contributed by atoms with Gasteiger partial charge in [0.1, 0.15) is 0 Å². The number of aromatic nitrogens is 1. The molecule has 2 aromatic carbocycles. The molecule has 10 nitrogen and oxygen atoms in total. The number of thiazole rings is 1. The van der Waals surface area contributed by atoms with Crippen LogP contribution in [0.4, 0.5) is 5.69 Å². The Morgan fingerprint density at radius 3 is 2.49 bits per heavy atom. The van der Waals surface area contributed by atoms with Gasteiger partial charge in [0.25, 0.3) is 11.2 Å². The van der Waals surface area contributed by atoms with Crippen molar-refractivity contribution in [1.82, 2.24) is 4.57 Å². The number of hydrogen-bond acceptors (Lipinski definition) is 9. The second-order valence-corrected chi connectivity index (χ2v) is 9.51.